The van der Waals surface area contributed by atoms with Crippen molar-refractivity contribution >= 4 is 11.7 Å². The Labute approximate surface area is 216 Å². The molecule has 0 radical (unpaired) electrons. The smallest absolute Gasteiger partial charge is 0.335 e. The molecule has 0 unspecified atom stereocenters. The molecule has 0 bridgehead atoms. The van der Waals surface area contributed by atoms with Gasteiger partial charge in [0.2, 0.25) is 5.75 Å². The number of piperazine rings is 1. The van der Waals surface area contributed by atoms with Gasteiger partial charge in [0.15, 0.2) is 11.5 Å². The van der Waals surface area contributed by atoms with Crippen molar-refractivity contribution < 1.29 is 33.8 Å². The van der Waals surface area contributed by atoms with Crippen molar-refractivity contribution in [2.24, 2.45) is 0 Å². The van der Waals surface area contributed by atoms with Crippen LogP contribution in [0.1, 0.15) is 27.9 Å². The maximum atomic E-state index is 11.3. The second-order valence-corrected chi connectivity index (χ2v) is 8.73. The molecule has 1 aliphatic rings. The van der Waals surface area contributed by atoms with Gasteiger partial charge < -0.3 is 29.0 Å². The normalized spacial score (nSPS) is 14.4. The van der Waals surface area contributed by atoms with E-state index < -0.39 is 10.9 Å². The second kappa shape index (κ2) is 13.8. The van der Waals surface area contributed by atoms with Crippen LogP contribution in [0, 0.1) is 10.1 Å². The number of hydrogen-bond donors (Lipinski definition) is 1. The number of ether oxygens (including phenoxy) is 4. The van der Waals surface area contributed by atoms with Crippen LogP contribution in [0.2, 0.25) is 0 Å². The van der Waals surface area contributed by atoms with Crippen molar-refractivity contribution in [1.82, 2.24) is 9.80 Å². The summed E-state index contributed by atoms with van der Waals surface area (Å²) in [6.07, 6.45) is 1.22. The van der Waals surface area contributed by atoms with Gasteiger partial charge in [0.05, 0.1) is 38.4 Å². The number of aromatic carboxylic acids is 1. The molecule has 1 fully saturated rings. The van der Waals surface area contributed by atoms with Crippen LogP contribution in [0.15, 0.2) is 30.3 Å². The summed E-state index contributed by atoms with van der Waals surface area (Å²) >= 11 is 0. The molecule has 1 aliphatic heterocycles. The van der Waals surface area contributed by atoms with E-state index in [-0.39, 0.29) is 11.3 Å². The third kappa shape index (κ3) is 7.54. The minimum Gasteiger partial charge on any atom is -0.493 e. The fourth-order valence-electron chi connectivity index (χ4n) is 4.45. The number of nitro groups is 1. The Kier molecular flexibility index (Phi) is 10.5. The number of carboxylic acid groups (broad SMARTS) is 1. The lowest BCUT2D eigenvalue weighted by molar-refractivity contribution is -0.385. The molecule has 0 aromatic heterocycles. The van der Waals surface area contributed by atoms with E-state index in [0.29, 0.717) is 42.4 Å². The van der Waals surface area contributed by atoms with E-state index >= 15 is 0 Å². The molecule has 37 heavy (non-hydrogen) atoms. The first kappa shape index (κ1) is 28.2. The number of methoxy groups -OCH3 is 3. The van der Waals surface area contributed by atoms with Gasteiger partial charge in [0, 0.05) is 69.5 Å². The van der Waals surface area contributed by atoms with Crippen molar-refractivity contribution in [3.63, 3.8) is 0 Å². The molecule has 0 aliphatic carbocycles. The maximum absolute atomic E-state index is 11.3. The summed E-state index contributed by atoms with van der Waals surface area (Å²) in [5.74, 6) is 0.759. The van der Waals surface area contributed by atoms with Crippen LogP contribution in [-0.2, 0) is 17.7 Å². The van der Waals surface area contributed by atoms with Gasteiger partial charge in [0.1, 0.15) is 0 Å². The first-order valence-electron chi connectivity index (χ1n) is 12.2. The number of carbonyl (C=O) groups is 1. The third-order valence-corrected chi connectivity index (χ3v) is 6.45. The summed E-state index contributed by atoms with van der Waals surface area (Å²) < 4.78 is 22.2. The lowest BCUT2D eigenvalue weighted by atomic mass is 10.1. The predicted octanol–water partition coefficient (Wildman–Crippen LogP) is 3.09. The lowest BCUT2D eigenvalue weighted by Crippen LogP contribution is -2.46. The van der Waals surface area contributed by atoms with Crippen LogP contribution in [0.25, 0.3) is 0 Å². The van der Waals surface area contributed by atoms with Gasteiger partial charge in [-0.3, -0.25) is 15.0 Å². The Bertz CT molecular complexity index is 1070. The van der Waals surface area contributed by atoms with Crippen molar-refractivity contribution in [1.29, 1.82) is 0 Å². The van der Waals surface area contributed by atoms with E-state index in [1.54, 1.807) is 21.3 Å². The topological polar surface area (TPSA) is 124 Å². The summed E-state index contributed by atoms with van der Waals surface area (Å²) in [6.45, 7) is 6.37. The fraction of sp³-hybridized carbons (Fsp3) is 0.500. The average molecular weight is 518 g/mol. The second-order valence-electron chi connectivity index (χ2n) is 8.73. The molecule has 0 saturated carbocycles. The third-order valence-electron chi connectivity index (χ3n) is 6.45. The summed E-state index contributed by atoms with van der Waals surface area (Å²) in [5.41, 5.74) is 1.24. The first-order chi connectivity index (χ1) is 17.9. The molecule has 0 spiro atoms. The Hall–Kier alpha value is -3.41. The van der Waals surface area contributed by atoms with Gasteiger partial charge in [-0.25, -0.2) is 4.79 Å². The number of rotatable bonds is 14. The highest BCUT2D eigenvalue weighted by atomic mass is 16.6. The minimum atomic E-state index is -1.19. The van der Waals surface area contributed by atoms with Crippen molar-refractivity contribution in [2.75, 3.05) is 67.3 Å². The summed E-state index contributed by atoms with van der Waals surface area (Å²) in [7, 11) is 4.85. The van der Waals surface area contributed by atoms with E-state index in [1.807, 2.05) is 12.1 Å². The molecule has 2 aromatic rings. The summed E-state index contributed by atoms with van der Waals surface area (Å²) in [4.78, 5) is 26.6. The quantitative estimate of drug-likeness (QED) is 0.227. The molecule has 0 amide bonds. The van der Waals surface area contributed by atoms with Gasteiger partial charge in [0.25, 0.3) is 5.69 Å². The zero-order valence-corrected chi connectivity index (χ0v) is 21.6. The van der Waals surface area contributed by atoms with E-state index in [4.69, 9.17) is 24.1 Å². The van der Waals surface area contributed by atoms with E-state index in [0.717, 1.165) is 57.3 Å². The molecular weight excluding hydrogens is 482 g/mol. The number of carboxylic acids is 1. The first-order valence-corrected chi connectivity index (χ1v) is 12.2. The van der Waals surface area contributed by atoms with Gasteiger partial charge in [-0.05, 0) is 18.6 Å². The monoisotopic (exact) mass is 517 g/mol. The summed E-state index contributed by atoms with van der Waals surface area (Å²) in [5, 5.41) is 20.3. The Balaban J connectivity index is 1.37. The Morgan fingerprint density at radius 1 is 0.946 bits per heavy atom. The van der Waals surface area contributed by atoms with Gasteiger partial charge in [-0.15, -0.1) is 0 Å². The zero-order valence-electron chi connectivity index (χ0n) is 21.6. The van der Waals surface area contributed by atoms with Crippen molar-refractivity contribution in [2.45, 2.75) is 19.4 Å². The molecule has 202 valence electrons. The van der Waals surface area contributed by atoms with Crippen molar-refractivity contribution in [3.05, 3.63) is 57.1 Å². The number of hydrogen-bond acceptors (Lipinski definition) is 9. The Morgan fingerprint density at radius 2 is 1.62 bits per heavy atom. The number of nitro benzene ring substituents is 1. The van der Waals surface area contributed by atoms with E-state index in [9.17, 15) is 14.9 Å². The van der Waals surface area contributed by atoms with Gasteiger partial charge in [-0.2, -0.15) is 0 Å². The van der Waals surface area contributed by atoms with Gasteiger partial charge in [-0.1, -0.05) is 12.1 Å². The standard InChI is InChI=1S/C26H35N3O8/c1-34-23-8-7-21(24(35-2)25(23)36-3)18-28-13-11-27(12-14-28)10-4-15-37-16-9-19-5-6-20(26(30)31)17-22(19)29(32)33/h5-8,17H,4,9-16,18H2,1-3H3,(H,30,31). The minimum absolute atomic E-state index is 0.0978. The largest absolute Gasteiger partial charge is 0.493 e. The highest BCUT2D eigenvalue weighted by Crippen LogP contribution is 2.40. The van der Waals surface area contributed by atoms with E-state index in [1.165, 1.54) is 12.1 Å². The molecule has 11 heteroatoms. The molecule has 2 aromatic carbocycles. The molecular formula is C26H35N3O8. The predicted molar refractivity (Wildman–Crippen MR) is 137 cm³/mol. The lowest BCUT2D eigenvalue weighted by Gasteiger charge is -2.35. The van der Waals surface area contributed by atoms with Crippen LogP contribution < -0.4 is 14.2 Å². The average Bonchev–Trinajstić information content (AvgIpc) is 2.90. The van der Waals surface area contributed by atoms with Gasteiger partial charge >= 0.3 is 5.97 Å². The molecule has 1 heterocycles. The highest BCUT2D eigenvalue weighted by molar-refractivity contribution is 5.88. The molecule has 11 nitrogen and oxygen atoms in total. The van der Waals surface area contributed by atoms with Crippen LogP contribution in [-0.4, -0.2) is 93.1 Å². The number of nitrogens with zero attached hydrogens (tertiary/aromatic N) is 3. The zero-order chi connectivity index (χ0) is 26.8. The maximum Gasteiger partial charge on any atom is 0.335 e. The molecule has 1 N–H and O–H groups in total. The number of benzene rings is 2. The van der Waals surface area contributed by atoms with Crippen LogP contribution in [0.3, 0.4) is 0 Å². The summed E-state index contributed by atoms with van der Waals surface area (Å²) in [6, 6.07) is 7.88. The molecule has 3 rings (SSSR count). The molecule has 1 saturated heterocycles. The molecule has 0 atom stereocenters. The highest BCUT2D eigenvalue weighted by Gasteiger charge is 2.21. The van der Waals surface area contributed by atoms with Crippen LogP contribution in [0.4, 0.5) is 5.69 Å². The van der Waals surface area contributed by atoms with Crippen molar-refractivity contribution in [3.8, 4) is 17.2 Å². The van der Waals surface area contributed by atoms with Crippen LogP contribution >= 0.6 is 0 Å². The fourth-order valence-corrected chi connectivity index (χ4v) is 4.45. The SMILES string of the molecule is COc1ccc(CN2CCN(CCCOCCc3ccc(C(=O)O)cc3[N+](=O)[O-])CC2)c(OC)c1OC. The van der Waals surface area contributed by atoms with Crippen LogP contribution in [0.5, 0.6) is 17.2 Å². The van der Waals surface area contributed by atoms with E-state index in [2.05, 4.69) is 9.80 Å². The Morgan fingerprint density at radius 3 is 2.24 bits per heavy atom.